The van der Waals surface area contributed by atoms with Gasteiger partial charge in [0.2, 0.25) is 0 Å². The van der Waals surface area contributed by atoms with Crippen molar-refractivity contribution in [3.8, 4) is 0 Å². The number of hydrogen-bond acceptors (Lipinski definition) is 3. The Hall–Kier alpha value is -2.10. The van der Waals surface area contributed by atoms with Crippen LogP contribution in [-0.4, -0.2) is 9.55 Å². The van der Waals surface area contributed by atoms with E-state index in [2.05, 4.69) is 16.4 Å². The zero-order valence-corrected chi connectivity index (χ0v) is 10.5. The van der Waals surface area contributed by atoms with Gasteiger partial charge in [0.1, 0.15) is 5.82 Å². The van der Waals surface area contributed by atoms with Crippen LogP contribution in [0.15, 0.2) is 35.3 Å². The van der Waals surface area contributed by atoms with Crippen LogP contribution in [0.1, 0.15) is 31.0 Å². The lowest BCUT2D eigenvalue weighted by molar-refractivity contribution is 0.560. The second kappa shape index (κ2) is 3.98. The molecule has 0 bridgehead atoms. The molecule has 1 aromatic heterocycles. The fraction of sp³-hybridized carbons (Fsp3) is 0.286. The smallest absolute Gasteiger partial charge is 0.340 e. The van der Waals surface area contributed by atoms with E-state index in [0.717, 1.165) is 17.7 Å². The number of anilines is 2. The zero-order chi connectivity index (χ0) is 12.7. The van der Waals surface area contributed by atoms with Gasteiger partial charge >= 0.3 is 5.69 Å². The molecule has 3 rings (SSSR count). The summed E-state index contributed by atoms with van der Waals surface area (Å²) in [6.07, 6.45) is 2.73. The number of benzene rings is 1. The van der Waals surface area contributed by atoms with Crippen molar-refractivity contribution >= 4 is 11.5 Å². The fourth-order valence-corrected chi connectivity index (χ4v) is 2.25. The molecule has 0 saturated carbocycles. The van der Waals surface area contributed by atoms with E-state index < -0.39 is 0 Å². The molecule has 1 aliphatic heterocycles. The first-order valence-electron chi connectivity index (χ1n) is 6.12. The largest absolute Gasteiger partial charge is 0.349 e. The maximum atomic E-state index is 11.9. The molecule has 2 aromatic rings. The molecule has 2 heterocycles. The van der Waals surface area contributed by atoms with Gasteiger partial charge < -0.3 is 5.32 Å². The highest BCUT2D eigenvalue weighted by Gasteiger charge is 2.17. The van der Waals surface area contributed by atoms with Crippen molar-refractivity contribution in [2.24, 2.45) is 0 Å². The molecular weight excluding hydrogens is 226 g/mol. The molecule has 0 saturated heterocycles. The Balaban J connectivity index is 2.11. The number of aromatic nitrogens is 2. The highest BCUT2D eigenvalue weighted by Crippen LogP contribution is 2.30. The van der Waals surface area contributed by atoms with Crippen LogP contribution in [0, 0.1) is 0 Å². The first-order valence-corrected chi connectivity index (χ1v) is 6.12. The molecule has 1 aliphatic rings. The summed E-state index contributed by atoms with van der Waals surface area (Å²) in [4.78, 5) is 16.0. The average molecular weight is 241 g/mol. The molecule has 0 fully saturated rings. The molecular formula is C14H15N3O. The topological polar surface area (TPSA) is 46.9 Å². The van der Waals surface area contributed by atoms with Gasteiger partial charge in [0.25, 0.3) is 0 Å². The van der Waals surface area contributed by atoms with Crippen molar-refractivity contribution < 1.29 is 0 Å². The molecule has 4 nitrogen and oxygen atoms in total. The number of nitrogens with zero attached hydrogens (tertiary/aromatic N) is 2. The van der Waals surface area contributed by atoms with Crippen LogP contribution in [0.5, 0.6) is 0 Å². The van der Waals surface area contributed by atoms with Crippen LogP contribution in [0.25, 0.3) is 0 Å². The van der Waals surface area contributed by atoms with E-state index >= 15 is 0 Å². The first kappa shape index (κ1) is 11.0. The molecule has 0 unspecified atom stereocenters. The summed E-state index contributed by atoms with van der Waals surface area (Å²) >= 11 is 0. The lowest BCUT2D eigenvalue weighted by atomic mass is 10.0. The minimum atomic E-state index is -0.198. The normalized spacial score (nSPS) is 12.8. The quantitative estimate of drug-likeness (QED) is 0.712. The third-order valence-electron chi connectivity index (χ3n) is 3.24. The lowest BCUT2D eigenvalue weighted by Gasteiger charge is -2.21. The summed E-state index contributed by atoms with van der Waals surface area (Å²) in [6, 6.07) is 8.24. The number of para-hydroxylation sites is 1. The second-order valence-corrected chi connectivity index (χ2v) is 4.86. The Labute approximate surface area is 105 Å². The maximum absolute atomic E-state index is 11.9. The Morgan fingerprint density at radius 1 is 1.28 bits per heavy atom. The minimum absolute atomic E-state index is 0.132. The fourth-order valence-electron chi connectivity index (χ4n) is 2.25. The minimum Gasteiger partial charge on any atom is -0.340 e. The maximum Gasteiger partial charge on any atom is 0.349 e. The first-order chi connectivity index (χ1) is 8.65. The third-order valence-corrected chi connectivity index (χ3v) is 3.24. The van der Waals surface area contributed by atoms with Crippen molar-refractivity contribution in [1.29, 1.82) is 0 Å². The highest BCUT2D eigenvalue weighted by molar-refractivity contribution is 5.68. The lowest BCUT2D eigenvalue weighted by Crippen LogP contribution is -2.27. The average Bonchev–Trinajstić information content (AvgIpc) is 2.35. The predicted octanol–water partition coefficient (Wildman–Crippen LogP) is 2.47. The summed E-state index contributed by atoms with van der Waals surface area (Å²) in [7, 11) is 0. The number of hydrogen-bond donors (Lipinski definition) is 1. The van der Waals surface area contributed by atoms with E-state index in [9.17, 15) is 4.79 Å². The van der Waals surface area contributed by atoms with Gasteiger partial charge in [-0.05, 0) is 25.5 Å². The summed E-state index contributed by atoms with van der Waals surface area (Å²) in [6.45, 7) is 3.97. The SMILES string of the molecule is CC(C)n1cc2c(nc1=O)Nc1ccccc1C2. The molecule has 0 atom stereocenters. The Kier molecular flexibility index (Phi) is 2.44. The predicted molar refractivity (Wildman–Crippen MR) is 71.4 cm³/mol. The van der Waals surface area contributed by atoms with E-state index in [0.29, 0.717) is 5.82 Å². The van der Waals surface area contributed by atoms with E-state index in [1.807, 2.05) is 38.2 Å². The Morgan fingerprint density at radius 2 is 2.06 bits per heavy atom. The van der Waals surface area contributed by atoms with Crippen LogP contribution in [0.3, 0.4) is 0 Å². The van der Waals surface area contributed by atoms with Gasteiger partial charge in [0, 0.05) is 29.9 Å². The molecule has 1 N–H and O–H groups in total. The third kappa shape index (κ3) is 1.70. The zero-order valence-electron chi connectivity index (χ0n) is 10.5. The van der Waals surface area contributed by atoms with Crippen LogP contribution in [0.4, 0.5) is 11.5 Å². The summed E-state index contributed by atoms with van der Waals surface area (Å²) in [5.41, 5.74) is 3.15. The molecule has 0 radical (unpaired) electrons. The monoisotopic (exact) mass is 241 g/mol. The molecule has 18 heavy (non-hydrogen) atoms. The summed E-state index contributed by atoms with van der Waals surface area (Å²) < 4.78 is 1.68. The van der Waals surface area contributed by atoms with Gasteiger partial charge in [-0.25, -0.2) is 4.79 Å². The van der Waals surface area contributed by atoms with Gasteiger partial charge in [-0.2, -0.15) is 4.98 Å². The van der Waals surface area contributed by atoms with Gasteiger partial charge in [0.15, 0.2) is 0 Å². The molecule has 0 amide bonds. The van der Waals surface area contributed by atoms with Crippen molar-refractivity contribution in [2.75, 3.05) is 5.32 Å². The van der Waals surface area contributed by atoms with Crippen LogP contribution < -0.4 is 11.0 Å². The van der Waals surface area contributed by atoms with Gasteiger partial charge in [-0.15, -0.1) is 0 Å². The van der Waals surface area contributed by atoms with E-state index in [1.165, 1.54) is 5.56 Å². The van der Waals surface area contributed by atoms with Gasteiger partial charge in [-0.3, -0.25) is 4.57 Å². The molecule has 1 aromatic carbocycles. The van der Waals surface area contributed by atoms with Gasteiger partial charge in [-0.1, -0.05) is 18.2 Å². The Morgan fingerprint density at radius 3 is 2.83 bits per heavy atom. The van der Waals surface area contributed by atoms with Crippen molar-refractivity contribution in [1.82, 2.24) is 9.55 Å². The molecule has 92 valence electrons. The highest BCUT2D eigenvalue weighted by atomic mass is 16.1. The molecule has 4 heteroatoms. The van der Waals surface area contributed by atoms with E-state index in [-0.39, 0.29) is 11.7 Å². The van der Waals surface area contributed by atoms with E-state index in [4.69, 9.17) is 0 Å². The Bertz CT molecular complexity index is 658. The van der Waals surface area contributed by atoms with Crippen LogP contribution in [0.2, 0.25) is 0 Å². The van der Waals surface area contributed by atoms with Crippen LogP contribution in [-0.2, 0) is 6.42 Å². The van der Waals surface area contributed by atoms with Crippen LogP contribution >= 0.6 is 0 Å². The summed E-state index contributed by atoms with van der Waals surface area (Å²) in [5.74, 6) is 0.690. The number of rotatable bonds is 1. The standard InChI is InChI=1S/C14H15N3O/c1-9(2)17-8-11-7-10-5-3-4-6-12(10)15-13(11)16-14(17)18/h3-6,8-9H,7H2,1-2H3,(H,15,16,18). The molecule has 0 aliphatic carbocycles. The number of nitrogens with one attached hydrogen (secondary N) is 1. The van der Waals surface area contributed by atoms with Crippen molar-refractivity contribution in [3.05, 3.63) is 52.1 Å². The number of fused-ring (bicyclic) bond motifs is 2. The summed E-state index contributed by atoms with van der Waals surface area (Å²) in [5, 5.41) is 3.22. The van der Waals surface area contributed by atoms with Gasteiger partial charge in [0.05, 0.1) is 0 Å². The van der Waals surface area contributed by atoms with E-state index in [1.54, 1.807) is 4.57 Å². The van der Waals surface area contributed by atoms with Crippen molar-refractivity contribution in [3.63, 3.8) is 0 Å². The molecule has 0 spiro atoms. The van der Waals surface area contributed by atoms with Crippen molar-refractivity contribution in [2.45, 2.75) is 26.3 Å². The second-order valence-electron chi connectivity index (χ2n) is 4.86.